The van der Waals surface area contributed by atoms with E-state index in [2.05, 4.69) is 0 Å². The number of hydrogen-bond acceptors (Lipinski definition) is 2. The molecule has 0 aromatic rings. The molecule has 2 nitrogen and oxygen atoms in total. The fourth-order valence-corrected chi connectivity index (χ4v) is 0.393. The highest BCUT2D eigenvalue weighted by Crippen LogP contribution is 1.95. The number of thioether (sulfide) groups is 1. The Morgan fingerprint density at radius 2 is 2.50 bits per heavy atom. The Labute approximate surface area is 41.1 Å². The standard InChI is InChI=1S/C3H6NOS/c1-2-6-3(4)5/h4H,2H2,1H3. The van der Waals surface area contributed by atoms with Crippen molar-refractivity contribution in [1.82, 2.24) is 5.73 Å². The number of rotatable bonds is 1. The van der Waals surface area contributed by atoms with E-state index in [0.29, 0.717) is 5.75 Å². The zero-order chi connectivity index (χ0) is 4.99. The van der Waals surface area contributed by atoms with Gasteiger partial charge in [-0.25, -0.2) is 0 Å². The van der Waals surface area contributed by atoms with Crippen molar-refractivity contribution in [1.29, 1.82) is 0 Å². The van der Waals surface area contributed by atoms with E-state index < -0.39 is 5.24 Å². The predicted octanol–water partition coefficient (Wildman–Crippen LogP) is 1.14. The van der Waals surface area contributed by atoms with Crippen molar-refractivity contribution in [3.63, 3.8) is 0 Å². The lowest BCUT2D eigenvalue weighted by molar-refractivity contribution is 0.266. The number of nitrogens with one attached hydrogen (secondary N) is 1. The maximum Gasteiger partial charge on any atom is 0.297 e. The molecule has 6 heavy (non-hydrogen) atoms. The molecule has 0 aromatic heterocycles. The number of carbonyl (C=O) groups excluding carboxylic acids is 1. The average molecular weight is 104 g/mol. The molecule has 0 saturated heterocycles. The van der Waals surface area contributed by atoms with Crippen molar-refractivity contribution in [3.8, 4) is 0 Å². The predicted molar refractivity (Wildman–Crippen MR) is 26.6 cm³/mol. The van der Waals surface area contributed by atoms with Gasteiger partial charge in [0.05, 0.1) is 0 Å². The van der Waals surface area contributed by atoms with Crippen LogP contribution in [-0.2, 0) is 0 Å². The van der Waals surface area contributed by atoms with Gasteiger partial charge in [-0.05, 0) is 5.75 Å². The first kappa shape index (κ1) is 5.82. The lowest BCUT2D eigenvalue weighted by Gasteiger charge is -1.79. The second kappa shape index (κ2) is 3.03. The minimum absolute atomic E-state index is 0.544. The van der Waals surface area contributed by atoms with Gasteiger partial charge < -0.3 is 0 Å². The van der Waals surface area contributed by atoms with Gasteiger partial charge in [-0.2, -0.15) is 0 Å². The zero-order valence-electron chi connectivity index (χ0n) is 3.52. The van der Waals surface area contributed by atoms with Crippen LogP contribution in [0, 0.1) is 0 Å². The molecule has 1 radical (unpaired) electrons. The molecule has 0 spiro atoms. The molecule has 35 valence electrons. The second-order valence-corrected chi connectivity index (χ2v) is 1.96. The van der Waals surface area contributed by atoms with Crippen LogP contribution in [0.3, 0.4) is 0 Å². The Bertz CT molecular complexity index is 54.8. The lowest BCUT2D eigenvalue weighted by atomic mass is 11.0. The molecule has 0 unspecified atom stereocenters. The van der Waals surface area contributed by atoms with Crippen molar-refractivity contribution in [2.45, 2.75) is 6.92 Å². The molecular formula is C3H6NOS. The molecule has 0 atom stereocenters. The van der Waals surface area contributed by atoms with Crippen molar-refractivity contribution >= 4 is 17.0 Å². The van der Waals surface area contributed by atoms with Crippen molar-refractivity contribution in [2.75, 3.05) is 5.75 Å². The van der Waals surface area contributed by atoms with Gasteiger partial charge in [0.1, 0.15) is 0 Å². The lowest BCUT2D eigenvalue weighted by Crippen LogP contribution is -1.84. The Kier molecular flexibility index (Phi) is 2.94. The molecule has 0 heterocycles. The van der Waals surface area contributed by atoms with Crippen molar-refractivity contribution in [3.05, 3.63) is 0 Å². The van der Waals surface area contributed by atoms with E-state index in [1.807, 2.05) is 6.92 Å². The van der Waals surface area contributed by atoms with E-state index in [0.717, 1.165) is 11.8 Å². The third kappa shape index (κ3) is 3.82. The first-order chi connectivity index (χ1) is 2.77. The summed E-state index contributed by atoms with van der Waals surface area (Å²) in [5.74, 6) is 0.711. The van der Waals surface area contributed by atoms with Crippen LogP contribution in [0.5, 0.6) is 0 Å². The Morgan fingerprint density at radius 3 is 2.50 bits per heavy atom. The molecule has 0 aromatic carbocycles. The van der Waals surface area contributed by atoms with Crippen LogP contribution in [0.4, 0.5) is 4.79 Å². The van der Waals surface area contributed by atoms with Crippen molar-refractivity contribution < 1.29 is 4.79 Å². The van der Waals surface area contributed by atoms with Gasteiger partial charge in [0.15, 0.2) is 0 Å². The monoisotopic (exact) mass is 104 g/mol. The quantitative estimate of drug-likeness (QED) is 0.500. The maximum absolute atomic E-state index is 9.67. The van der Waals surface area contributed by atoms with Crippen LogP contribution in [0.15, 0.2) is 0 Å². The molecule has 0 bridgehead atoms. The summed E-state index contributed by atoms with van der Waals surface area (Å²) in [5.41, 5.74) is 6.30. The summed E-state index contributed by atoms with van der Waals surface area (Å²) in [5, 5.41) is -0.544. The average Bonchev–Trinajstić information content (AvgIpc) is 1.35. The molecule has 0 aliphatic heterocycles. The third-order valence-electron chi connectivity index (χ3n) is 0.275. The molecule has 1 amide bonds. The normalized spacial score (nSPS) is 8.17. The summed E-state index contributed by atoms with van der Waals surface area (Å²) in [6.45, 7) is 1.84. The summed E-state index contributed by atoms with van der Waals surface area (Å²) in [6.07, 6.45) is 0. The van der Waals surface area contributed by atoms with E-state index in [1.54, 1.807) is 0 Å². The molecule has 1 N–H and O–H groups in total. The fourth-order valence-electron chi connectivity index (χ4n) is 0.131. The summed E-state index contributed by atoms with van der Waals surface area (Å²) < 4.78 is 0. The van der Waals surface area contributed by atoms with Gasteiger partial charge in [-0.1, -0.05) is 18.7 Å². The summed E-state index contributed by atoms with van der Waals surface area (Å²) >= 11 is 1.01. The van der Waals surface area contributed by atoms with Gasteiger partial charge in [0.25, 0.3) is 5.24 Å². The van der Waals surface area contributed by atoms with Crippen LogP contribution in [0.1, 0.15) is 6.92 Å². The fraction of sp³-hybridized carbons (Fsp3) is 0.667. The minimum Gasteiger partial charge on any atom is -0.260 e. The van der Waals surface area contributed by atoms with Gasteiger partial charge in [-0.15, -0.1) is 0 Å². The Hall–Kier alpha value is -0.180. The summed E-state index contributed by atoms with van der Waals surface area (Å²) in [4.78, 5) is 9.67. The van der Waals surface area contributed by atoms with Crippen LogP contribution in [0.2, 0.25) is 0 Å². The highest BCUT2D eigenvalue weighted by molar-refractivity contribution is 8.13. The number of carbonyl (C=O) groups is 1. The van der Waals surface area contributed by atoms with Gasteiger partial charge >= 0.3 is 0 Å². The molecule has 0 aliphatic carbocycles. The third-order valence-corrected chi connectivity index (χ3v) is 0.826. The molecule has 0 aliphatic rings. The largest absolute Gasteiger partial charge is 0.297 e. The zero-order valence-corrected chi connectivity index (χ0v) is 4.34. The first-order valence-electron chi connectivity index (χ1n) is 1.65. The van der Waals surface area contributed by atoms with Crippen LogP contribution in [-0.4, -0.2) is 11.0 Å². The molecule has 0 saturated carbocycles. The molecule has 0 rings (SSSR count). The first-order valence-corrected chi connectivity index (χ1v) is 2.64. The smallest absolute Gasteiger partial charge is 0.260 e. The van der Waals surface area contributed by atoms with Gasteiger partial charge in [0, 0.05) is 0 Å². The summed E-state index contributed by atoms with van der Waals surface area (Å²) in [6, 6.07) is 0. The second-order valence-electron chi connectivity index (χ2n) is 0.720. The van der Waals surface area contributed by atoms with Crippen molar-refractivity contribution in [2.24, 2.45) is 0 Å². The maximum atomic E-state index is 9.67. The van der Waals surface area contributed by atoms with E-state index in [1.165, 1.54) is 0 Å². The molecule has 0 fully saturated rings. The van der Waals surface area contributed by atoms with E-state index in [4.69, 9.17) is 5.73 Å². The van der Waals surface area contributed by atoms with Gasteiger partial charge in [0.2, 0.25) is 0 Å². The Morgan fingerprint density at radius 1 is 2.00 bits per heavy atom. The van der Waals surface area contributed by atoms with Crippen LogP contribution >= 0.6 is 11.8 Å². The number of hydrogen-bond donors (Lipinski definition) is 0. The molecule has 3 heteroatoms. The van der Waals surface area contributed by atoms with E-state index in [-0.39, 0.29) is 0 Å². The van der Waals surface area contributed by atoms with E-state index in [9.17, 15) is 4.79 Å². The number of amides is 1. The summed E-state index contributed by atoms with van der Waals surface area (Å²) in [7, 11) is 0. The topological polar surface area (TPSA) is 40.9 Å². The Balaban J connectivity index is 2.83. The van der Waals surface area contributed by atoms with Crippen LogP contribution in [0.25, 0.3) is 0 Å². The SMILES string of the molecule is CCSC([NH])=O. The van der Waals surface area contributed by atoms with Crippen LogP contribution < -0.4 is 5.73 Å². The highest BCUT2D eigenvalue weighted by Gasteiger charge is 1.86. The van der Waals surface area contributed by atoms with E-state index >= 15 is 0 Å². The minimum atomic E-state index is -0.544. The molecular weight excluding hydrogens is 98.1 g/mol. The van der Waals surface area contributed by atoms with Gasteiger partial charge in [-0.3, -0.25) is 10.5 Å². The highest BCUT2D eigenvalue weighted by atomic mass is 32.2.